The van der Waals surface area contributed by atoms with Crippen LogP contribution in [0.5, 0.6) is 0 Å². The summed E-state index contributed by atoms with van der Waals surface area (Å²) in [7, 11) is -0.739. The molecule has 2 heterocycles. The van der Waals surface area contributed by atoms with E-state index in [1.165, 1.54) is 6.20 Å². The van der Waals surface area contributed by atoms with Crippen LogP contribution in [0.1, 0.15) is 10.4 Å². The number of hydrogen-bond donors (Lipinski definition) is 2. The standard InChI is InChI=1S/C10H14N4O2S/c11-8-6-13-9(5-7(8)10(12)15)14-1-3-17(16)4-2-14/h5-6H,1-4,11H2,(H2,12,15). The second-order valence-electron chi connectivity index (χ2n) is 3.83. The molecule has 92 valence electrons. The summed E-state index contributed by atoms with van der Waals surface area (Å²) in [5, 5.41) is 0. The number of pyridine rings is 1. The maximum Gasteiger partial charge on any atom is 0.250 e. The number of carbonyl (C=O) groups excluding carboxylic acids is 1. The van der Waals surface area contributed by atoms with Gasteiger partial charge < -0.3 is 16.4 Å². The SMILES string of the molecule is NC(=O)c1cc(N2CCS(=O)CC2)ncc1N. The average molecular weight is 254 g/mol. The zero-order chi connectivity index (χ0) is 12.4. The number of nitrogens with two attached hydrogens (primary N) is 2. The monoisotopic (exact) mass is 254 g/mol. The largest absolute Gasteiger partial charge is 0.397 e. The first-order valence-electron chi connectivity index (χ1n) is 5.23. The molecule has 0 radical (unpaired) electrons. The first-order valence-corrected chi connectivity index (χ1v) is 6.72. The van der Waals surface area contributed by atoms with Gasteiger partial charge in [0.05, 0.1) is 17.4 Å². The first-order chi connectivity index (χ1) is 8.08. The molecule has 0 saturated carbocycles. The Morgan fingerprint density at radius 3 is 2.65 bits per heavy atom. The van der Waals surface area contributed by atoms with Gasteiger partial charge in [-0.25, -0.2) is 4.98 Å². The molecule has 1 fully saturated rings. The summed E-state index contributed by atoms with van der Waals surface area (Å²) in [5.74, 6) is 1.34. The molecular formula is C10H14N4O2S. The molecule has 0 aliphatic carbocycles. The van der Waals surface area contributed by atoms with Gasteiger partial charge in [0.15, 0.2) is 0 Å². The molecule has 6 nitrogen and oxygen atoms in total. The van der Waals surface area contributed by atoms with Crippen molar-refractivity contribution in [2.75, 3.05) is 35.2 Å². The lowest BCUT2D eigenvalue weighted by Gasteiger charge is -2.27. The number of amides is 1. The van der Waals surface area contributed by atoms with Gasteiger partial charge in [-0.2, -0.15) is 0 Å². The predicted molar refractivity (Wildman–Crippen MR) is 67.3 cm³/mol. The van der Waals surface area contributed by atoms with Crippen molar-refractivity contribution in [2.45, 2.75) is 0 Å². The molecule has 17 heavy (non-hydrogen) atoms. The summed E-state index contributed by atoms with van der Waals surface area (Å²) < 4.78 is 11.2. The number of rotatable bonds is 2. The summed E-state index contributed by atoms with van der Waals surface area (Å²) in [6.07, 6.45) is 1.43. The number of aromatic nitrogens is 1. The first kappa shape index (κ1) is 11.8. The lowest BCUT2D eigenvalue weighted by Crippen LogP contribution is -2.38. The van der Waals surface area contributed by atoms with Gasteiger partial charge in [0.2, 0.25) is 0 Å². The van der Waals surface area contributed by atoms with Crippen LogP contribution in [0.2, 0.25) is 0 Å². The lowest BCUT2D eigenvalue weighted by molar-refractivity contribution is 0.100. The molecule has 1 aliphatic rings. The smallest absolute Gasteiger partial charge is 0.250 e. The summed E-state index contributed by atoms with van der Waals surface area (Å²) in [6.45, 7) is 1.34. The molecule has 0 unspecified atom stereocenters. The Kier molecular flexibility index (Phi) is 3.28. The fourth-order valence-corrected chi connectivity index (χ4v) is 2.76. The molecule has 1 amide bonds. The second kappa shape index (κ2) is 4.70. The third-order valence-electron chi connectivity index (χ3n) is 2.69. The van der Waals surface area contributed by atoms with Crippen LogP contribution in [0.25, 0.3) is 0 Å². The van der Waals surface area contributed by atoms with Crippen LogP contribution < -0.4 is 16.4 Å². The van der Waals surface area contributed by atoms with Crippen molar-refractivity contribution < 1.29 is 9.00 Å². The highest BCUT2D eigenvalue weighted by atomic mass is 32.2. The molecular weight excluding hydrogens is 240 g/mol. The van der Waals surface area contributed by atoms with Crippen molar-refractivity contribution >= 4 is 28.2 Å². The summed E-state index contributed by atoms with van der Waals surface area (Å²) in [5.41, 5.74) is 11.4. The topological polar surface area (TPSA) is 102 Å². The van der Waals surface area contributed by atoms with Crippen molar-refractivity contribution in [1.29, 1.82) is 0 Å². The van der Waals surface area contributed by atoms with E-state index >= 15 is 0 Å². The predicted octanol–water partition coefficient (Wildman–Crippen LogP) is -0.669. The van der Waals surface area contributed by atoms with Crippen LogP contribution in [0.3, 0.4) is 0 Å². The van der Waals surface area contributed by atoms with Crippen LogP contribution >= 0.6 is 0 Å². The van der Waals surface area contributed by atoms with Crippen molar-refractivity contribution in [3.8, 4) is 0 Å². The van der Waals surface area contributed by atoms with E-state index < -0.39 is 16.7 Å². The number of anilines is 2. The number of primary amides is 1. The Morgan fingerprint density at radius 2 is 2.06 bits per heavy atom. The minimum atomic E-state index is -0.739. The minimum Gasteiger partial charge on any atom is -0.397 e. The Labute approximate surface area is 101 Å². The van der Waals surface area contributed by atoms with Crippen molar-refractivity contribution in [2.24, 2.45) is 5.73 Å². The Bertz CT molecular complexity index is 467. The van der Waals surface area contributed by atoms with E-state index in [-0.39, 0.29) is 11.3 Å². The Morgan fingerprint density at radius 1 is 1.41 bits per heavy atom. The zero-order valence-corrected chi connectivity index (χ0v) is 10.1. The van der Waals surface area contributed by atoms with E-state index in [9.17, 15) is 9.00 Å². The molecule has 2 rings (SSSR count). The molecule has 1 aliphatic heterocycles. The third kappa shape index (κ3) is 2.55. The normalized spacial score (nSPS) is 17.1. The second-order valence-corrected chi connectivity index (χ2v) is 5.53. The van der Waals surface area contributed by atoms with Gasteiger partial charge in [0, 0.05) is 35.4 Å². The van der Waals surface area contributed by atoms with Crippen molar-refractivity contribution in [3.05, 3.63) is 17.8 Å². The van der Waals surface area contributed by atoms with Gasteiger partial charge in [-0.05, 0) is 6.07 Å². The third-order valence-corrected chi connectivity index (χ3v) is 3.96. The fraction of sp³-hybridized carbons (Fsp3) is 0.400. The molecule has 1 aromatic heterocycles. The van der Waals surface area contributed by atoms with Crippen LogP contribution in [0.4, 0.5) is 11.5 Å². The van der Waals surface area contributed by atoms with Gasteiger partial charge in [0.1, 0.15) is 5.82 Å². The van der Waals surface area contributed by atoms with Crippen molar-refractivity contribution in [1.82, 2.24) is 4.98 Å². The van der Waals surface area contributed by atoms with E-state index in [0.29, 0.717) is 30.4 Å². The average Bonchev–Trinajstić information content (AvgIpc) is 2.30. The van der Waals surface area contributed by atoms with Crippen LogP contribution in [-0.4, -0.2) is 39.7 Å². The molecule has 4 N–H and O–H groups in total. The maximum atomic E-state index is 11.2. The molecule has 0 atom stereocenters. The van der Waals surface area contributed by atoms with Gasteiger partial charge in [0.25, 0.3) is 5.91 Å². The van der Waals surface area contributed by atoms with Gasteiger partial charge in [-0.1, -0.05) is 0 Å². The van der Waals surface area contributed by atoms with Gasteiger partial charge in [-0.3, -0.25) is 9.00 Å². The fourth-order valence-electron chi connectivity index (χ4n) is 1.71. The maximum absolute atomic E-state index is 11.2. The summed E-state index contributed by atoms with van der Waals surface area (Å²) in [4.78, 5) is 17.3. The highest BCUT2D eigenvalue weighted by molar-refractivity contribution is 7.85. The van der Waals surface area contributed by atoms with Crippen molar-refractivity contribution in [3.63, 3.8) is 0 Å². The summed E-state index contributed by atoms with van der Waals surface area (Å²) in [6, 6.07) is 1.59. The number of nitrogens with zero attached hydrogens (tertiary/aromatic N) is 2. The minimum absolute atomic E-state index is 0.279. The van der Waals surface area contributed by atoms with Crippen LogP contribution in [0.15, 0.2) is 12.3 Å². The quantitative estimate of drug-likeness (QED) is 0.728. The van der Waals surface area contributed by atoms with Crippen LogP contribution in [0, 0.1) is 0 Å². The summed E-state index contributed by atoms with van der Waals surface area (Å²) >= 11 is 0. The van der Waals surface area contributed by atoms with Gasteiger partial charge in [-0.15, -0.1) is 0 Å². The molecule has 7 heteroatoms. The number of carbonyl (C=O) groups is 1. The van der Waals surface area contributed by atoms with E-state index in [2.05, 4.69) is 4.98 Å². The van der Waals surface area contributed by atoms with E-state index in [0.717, 1.165) is 0 Å². The highest BCUT2D eigenvalue weighted by Gasteiger charge is 2.18. The highest BCUT2D eigenvalue weighted by Crippen LogP contribution is 2.19. The number of hydrogen-bond acceptors (Lipinski definition) is 5. The van der Waals surface area contributed by atoms with E-state index in [1.807, 2.05) is 4.90 Å². The zero-order valence-electron chi connectivity index (χ0n) is 9.26. The van der Waals surface area contributed by atoms with E-state index in [1.54, 1.807) is 6.07 Å². The Hall–Kier alpha value is -1.63. The van der Waals surface area contributed by atoms with Crippen LogP contribution in [-0.2, 0) is 10.8 Å². The Balaban J connectivity index is 2.24. The van der Waals surface area contributed by atoms with Gasteiger partial charge >= 0.3 is 0 Å². The molecule has 1 saturated heterocycles. The molecule has 0 spiro atoms. The van der Waals surface area contributed by atoms with E-state index in [4.69, 9.17) is 11.5 Å². The number of nitrogen functional groups attached to an aromatic ring is 1. The molecule has 0 bridgehead atoms. The molecule has 0 aromatic carbocycles. The lowest BCUT2D eigenvalue weighted by atomic mass is 10.2. The molecule has 1 aromatic rings.